The number of imidazole rings is 1. The smallest absolute Gasteiger partial charge is 0.239 e. The molecule has 150 valence electrons. The van der Waals surface area contributed by atoms with Gasteiger partial charge in [-0.1, -0.05) is 40.2 Å². The van der Waals surface area contributed by atoms with Gasteiger partial charge >= 0.3 is 0 Å². The number of carbonyl (C=O) groups is 1. The van der Waals surface area contributed by atoms with E-state index in [0.29, 0.717) is 12.2 Å². The van der Waals surface area contributed by atoms with Crippen LogP contribution in [0.1, 0.15) is 35.5 Å². The summed E-state index contributed by atoms with van der Waals surface area (Å²) in [5.41, 5.74) is 8.15. The molecular weight excluding hydrogens is 437 g/mol. The van der Waals surface area contributed by atoms with Crippen molar-refractivity contribution in [3.63, 3.8) is 0 Å². The van der Waals surface area contributed by atoms with Crippen molar-refractivity contribution in [2.75, 3.05) is 0 Å². The number of nitrogens with one attached hydrogen (secondary N) is 3. The van der Waals surface area contributed by atoms with Crippen molar-refractivity contribution in [3.05, 3.63) is 88.2 Å². The molecule has 0 aliphatic carbocycles. The van der Waals surface area contributed by atoms with Gasteiger partial charge in [-0.15, -0.1) is 0 Å². The van der Waals surface area contributed by atoms with Crippen LogP contribution < -0.4 is 16.2 Å². The van der Waals surface area contributed by atoms with Crippen LogP contribution in [-0.2, 0) is 11.8 Å². The summed E-state index contributed by atoms with van der Waals surface area (Å²) in [6, 6.07) is 13.3. The summed E-state index contributed by atoms with van der Waals surface area (Å²) in [5, 5.41) is 3.06. The quantitative estimate of drug-likeness (QED) is 0.550. The molecule has 0 saturated carbocycles. The molecule has 0 bridgehead atoms. The van der Waals surface area contributed by atoms with Gasteiger partial charge in [0.2, 0.25) is 5.91 Å². The molecule has 1 aliphatic rings. The Balaban J connectivity index is 1.50. The first-order chi connectivity index (χ1) is 14.0. The molecule has 0 spiro atoms. The maximum atomic E-state index is 13.4. The van der Waals surface area contributed by atoms with Crippen molar-refractivity contribution in [3.8, 4) is 0 Å². The number of rotatable bonds is 5. The molecule has 0 radical (unpaired) electrons. The zero-order valence-corrected chi connectivity index (χ0v) is 17.4. The largest absolute Gasteiger partial charge is 0.341 e. The van der Waals surface area contributed by atoms with Gasteiger partial charge in [-0.3, -0.25) is 4.79 Å². The number of hydrazine groups is 1. The zero-order valence-electron chi connectivity index (χ0n) is 15.8. The van der Waals surface area contributed by atoms with Crippen LogP contribution in [-0.4, -0.2) is 21.5 Å². The third kappa shape index (κ3) is 4.39. The van der Waals surface area contributed by atoms with E-state index in [1.807, 2.05) is 42.1 Å². The van der Waals surface area contributed by atoms with E-state index in [0.717, 1.165) is 15.6 Å². The summed E-state index contributed by atoms with van der Waals surface area (Å²) < 4.78 is 16.2. The number of halogens is 2. The van der Waals surface area contributed by atoms with Gasteiger partial charge in [0.25, 0.3) is 0 Å². The van der Waals surface area contributed by atoms with Crippen molar-refractivity contribution in [1.82, 2.24) is 25.7 Å². The molecule has 3 unspecified atom stereocenters. The van der Waals surface area contributed by atoms with Crippen LogP contribution in [0, 0.1) is 5.82 Å². The van der Waals surface area contributed by atoms with E-state index < -0.39 is 12.1 Å². The van der Waals surface area contributed by atoms with Crippen molar-refractivity contribution < 1.29 is 9.18 Å². The molecule has 6 nitrogen and oxygen atoms in total. The predicted octanol–water partition coefficient (Wildman–Crippen LogP) is 3.14. The highest BCUT2D eigenvalue weighted by molar-refractivity contribution is 9.10. The maximum Gasteiger partial charge on any atom is 0.239 e. The number of aromatic nitrogens is 2. The summed E-state index contributed by atoms with van der Waals surface area (Å²) >= 11 is 3.44. The molecule has 1 saturated heterocycles. The Hall–Kier alpha value is -2.55. The Kier molecular flexibility index (Phi) is 5.75. The lowest BCUT2D eigenvalue weighted by molar-refractivity contribution is -0.123. The summed E-state index contributed by atoms with van der Waals surface area (Å²) in [6.07, 6.45) is 4.11. The Morgan fingerprint density at radius 1 is 1.21 bits per heavy atom. The maximum absolute atomic E-state index is 13.4. The molecule has 8 heteroatoms. The molecule has 1 fully saturated rings. The lowest BCUT2D eigenvalue weighted by atomic mass is 10.0. The molecule has 29 heavy (non-hydrogen) atoms. The number of aryl methyl sites for hydroxylation is 1. The second kappa shape index (κ2) is 8.44. The third-order valence-electron chi connectivity index (χ3n) is 5.10. The molecule has 1 aliphatic heterocycles. The first-order valence-corrected chi connectivity index (χ1v) is 10.1. The second-order valence-corrected chi connectivity index (χ2v) is 7.99. The fourth-order valence-corrected chi connectivity index (χ4v) is 3.76. The highest BCUT2D eigenvalue weighted by atomic mass is 79.9. The van der Waals surface area contributed by atoms with Gasteiger partial charge in [0.15, 0.2) is 0 Å². The summed E-state index contributed by atoms with van der Waals surface area (Å²) in [6.45, 7) is 0. The number of benzene rings is 2. The Labute approximate surface area is 176 Å². The van der Waals surface area contributed by atoms with Crippen molar-refractivity contribution in [2.24, 2.45) is 7.05 Å². The van der Waals surface area contributed by atoms with E-state index in [4.69, 9.17) is 0 Å². The van der Waals surface area contributed by atoms with E-state index in [2.05, 4.69) is 37.1 Å². The van der Waals surface area contributed by atoms with Gasteiger partial charge in [0.1, 0.15) is 23.7 Å². The molecule has 2 heterocycles. The van der Waals surface area contributed by atoms with E-state index >= 15 is 0 Å². The number of amides is 1. The van der Waals surface area contributed by atoms with Gasteiger partial charge < -0.3 is 9.88 Å². The summed E-state index contributed by atoms with van der Waals surface area (Å²) in [4.78, 5) is 17.4. The first-order valence-electron chi connectivity index (χ1n) is 9.31. The standard InChI is InChI=1S/C21H21BrFN5O/c1-28-11-10-24-20(28)19(14-4-8-16(23)9-5-14)25-21(29)18-12-17(26-27-18)13-2-6-15(22)7-3-13/h2-11,17-19,26-27H,12H2,1H3,(H,25,29). The highest BCUT2D eigenvalue weighted by Gasteiger charge is 2.32. The third-order valence-corrected chi connectivity index (χ3v) is 5.63. The summed E-state index contributed by atoms with van der Waals surface area (Å²) in [5.74, 6) is 0.215. The van der Waals surface area contributed by atoms with Crippen LogP contribution in [0.15, 0.2) is 65.4 Å². The van der Waals surface area contributed by atoms with E-state index in [-0.39, 0.29) is 17.8 Å². The SMILES string of the molecule is Cn1ccnc1C(NC(=O)C1CC(c2ccc(Br)cc2)NN1)c1ccc(F)cc1. The van der Waals surface area contributed by atoms with Crippen LogP contribution in [0.3, 0.4) is 0 Å². The lowest BCUT2D eigenvalue weighted by Crippen LogP contribution is -2.45. The highest BCUT2D eigenvalue weighted by Crippen LogP contribution is 2.25. The number of hydrogen-bond donors (Lipinski definition) is 3. The van der Waals surface area contributed by atoms with Gasteiger partial charge in [-0.2, -0.15) is 0 Å². The Morgan fingerprint density at radius 3 is 2.59 bits per heavy atom. The van der Waals surface area contributed by atoms with Crippen molar-refractivity contribution in [2.45, 2.75) is 24.5 Å². The van der Waals surface area contributed by atoms with E-state index in [9.17, 15) is 9.18 Å². The molecule has 2 aromatic carbocycles. The van der Waals surface area contributed by atoms with Crippen LogP contribution in [0.5, 0.6) is 0 Å². The second-order valence-electron chi connectivity index (χ2n) is 7.07. The normalized spacial score (nSPS) is 19.8. The Bertz CT molecular complexity index is 989. The van der Waals surface area contributed by atoms with Crippen LogP contribution in [0.25, 0.3) is 0 Å². The molecule has 3 aromatic rings. The minimum atomic E-state index is -0.475. The number of carbonyl (C=O) groups excluding carboxylic acids is 1. The first kappa shape index (κ1) is 19.8. The average Bonchev–Trinajstić information content (AvgIpc) is 3.37. The van der Waals surface area contributed by atoms with E-state index in [1.165, 1.54) is 12.1 Å². The van der Waals surface area contributed by atoms with Gasteiger partial charge in [0, 0.05) is 30.0 Å². The average molecular weight is 458 g/mol. The molecule has 4 rings (SSSR count). The van der Waals surface area contributed by atoms with Gasteiger partial charge in [-0.05, 0) is 41.8 Å². The molecular formula is C21H21BrFN5O. The Morgan fingerprint density at radius 2 is 1.93 bits per heavy atom. The monoisotopic (exact) mass is 457 g/mol. The van der Waals surface area contributed by atoms with Crippen LogP contribution in [0.2, 0.25) is 0 Å². The lowest BCUT2D eigenvalue weighted by Gasteiger charge is -2.21. The molecule has 3 atom stereocenters. The predicted molar refractivity (Wildman–Crippen MR) is 111 cm³/mol. The van der Waals surface area contributed by atoms with Crippen LogP contribution in [0.4, 0.5) is 4.39 Å². The number of nitrogens with zero attached hydrogens (tertiary/aromatic N) is 2. The van der Waals surface area contributed by atoms with Crippen molar-refractivity contribution in [1.29, 1.82) is 0 Å². The minimum Gasteiger partial charge on any atom is -0.341 e. The van der Waals surface area contributed by atoms with Gasteiger partial charge in [-0.25, -0.2) is 20.2 Å². The topological polar surface area (TPSA) is 71.0 Å². The van der Waals surface area contributed by atoms with E-state index in [1.54, 1.807) is 18.3 Å². The minimum absolute atomic E-state index is 0.0382. The molecule has 3 N–H and O–H groups in total. The fourth-order valence-electron chi connectivity index (χ4n) is 3.49. The van der Waals surface area contributed by atoms with Gasteiger partial charge in [0.05, 0.1) is 0 Å². The zero-order chi connectivity index (χ0) is 20.4. The van der Waals surface area contributed by atoms with Crippen LogP contribution >= 0.6 is 15.9 Å². The summed E-state index contributed by atoms with van der Waals surface area (Å²) in [7, 11) is 1.87. The molecule has 1 amide bonds. The fraction of sp³-hybridized carbons (Fsp3) is 0.238. The van der Waals surface area contributed by atoms with Crippen molar-refractivity contribution >= 4 is 21.8 Å². The molecule has 1 aromatic heterocycles. The number of hydrogen-bond acceptors (Lipinski definition) is 4.